The van der Waals surface area contributed by atoms with Crippen LogP contribution < -0.4 is 5.73 Å². The molecule has 1 amide bonds. The predicted molar refractivity (Wildman–Crippen MR) is 36.4 cm³/mol. The molecule has 0 heterocycles. The topological polar surface area (TPSA) is 46.3 Å². The number of carbonyl (C=O) groups is 1. The van der Waals surface area contributed by atoms with Gasteiger partial charge >= 0.3 is 0 Å². The summed E-state index contributed by atoms with van der Waals surface area (Å²) in [5, 5.41) is 0. The van der Waals surface area contributed by atoms with E-state index in [1.165, 1.54) is 6.54 Å². The van der Waals surface area contributed by atoms with Gasteiger partial charge < -0.3 is 5.73 Å². The zero-order valence-electron chi connectivity index (χ0n) is 5.92. The van der Waals surface area contributed by atoms with Crippen LogP contribution in [0.3, 0.4) is 0 Å². The Kier molecular flexibility index (Phi) is 4.05. The number of likely N-dealkylation sites (N-methyl/N-ethyl adjacent to an activating group) is 1. The molecule has 53 valence electrons. The number of rotatable bonds is 4. The molecule has 0 aromatic rings. The van der Waals surface area contributed by atoms with Gasteiger partial charge in [-0.15, -0.1) is 0 Å². The average Bonchev–Trinajstić information content (AvgIpc) is 1.82. The highest BCUT2D eigenvalue weighted by molar-refractivity contribution is 5.82. The summed E-state index contributed by atoms with van der Waals surface area (Å²) in [6, 6.07) is 0. The van der Waals surface area contributed by atoms with E-state index in [0.29, 0.717) is 0 Å². The minimum Gasteiger partial charge on any atom is -0.368 e. The van der Waals surface area contributed by atoms with Crippen molar-refractivity contribution in [1.29, 1.82) is 0 Å². The van der Waals surface area contributed by atoms with Gasteiger partial charge in [0.2, 0.25) is 5.91 Å². The second kappa shape index (κ2) is 4.32. The summed E-state index contributed by atoms with van der Waals surface area (Å²) in [4.78, 5) is 12.1. The number of nitrogens with two attached hydrogens (primary N) is 1. The summed E-state index contributed by atoms with van der Waals surface area (Å²) in [6.45, 7) is 7.03. The molecular weight excluding hydrogens is 116 g/mol. The van der Waals surface area contributed by atoms with Gasteiger partial charge in [0.1, 0.15) is 6.54 Å². The molecule has 9 heavy (non-hydrogen) atoms. The van der Waals surface area contributed by atoms with Crippen molar-refractivity contribution in [2.75, 3.05) is 13.1 Å². The number of hydrogen-bond acceptors (Lipinski definition) is 2. The van der Waals surface area contributed by atoms with Gasteiger partial charge in [-0.25, -0.2) is 0 Å². The molecule has 0 rings (SSSR count). The lowest BCUT2D eigenvalue weighted by Crippen LogP contribution is -2.28. The molecule has 2 N–H and O–H groups in total. The number of amides is 1. The fourth-order valence-electron chi connectivity index (χ4n) is 0.586. The monoisotopic (exact) mass is 129 g/mol. The molecule has 0 atom stereocenters. The zero-order chi connectivity index (χ0) is 7.28. The van der Waals surface area contributed by atoms with Crippen molar-refractivity contribution in [2.45, 2.75) is 13.8 Å². The summed E-state index contributed by atoms with van der Waals surface area (Å²) >= 11 is 0. The molecule has 3 nitrogen and oxygen atoms in total. The van der Waals surface area contributed by atoms with Gasteiger partial charge in [-0.2, -0.15) is 0 Å². The van der Waals surface area contributed by atoms with E-state index in [1.807, 2.05) is 18.7 Å². The molecule has 0 saturated carbocycles. The minimum absolute atomic E-state index is 0.376. The molecule has 0 aliphatic heterocycles. The van der Waals surface area contributed by atoms with Crippen molar-refractivity contribution in [2.24, 2.45) is 5.73 Å². The van der Waals surface area contributed by atoms with Crippen molar-refractivity contribution in [3.63, 3.8) is 0 Å². The largest absolute Gasteiger partial charge is 0.368 e. The minimum atomic E-state index is -0.376. The molecule has 3 heteroatoms. The molecule has 0 aliphatic rings. The van der Waals surface area contributed by atoms with Crippen LogP contribution >= 0.6 is 0 Å². The Labute approximate surface area is 55.8 Å². The average molecular weight is 129 g/mol. The van der Waals surface area contributed by atoms with Crippen LogP contribution in [0.2, 0.25) is 0 Å². The maximum atomic E-state index is 10.3. The third kappa shape index (κ3) is 3.97. The molecule has 0 spiro atoms. The lowest BCUT2D eigenvalue weighted by Gasteiger charge is -2.13. The van der Waals surface area contributed by atoms with Crippen molar-refractivity contribution in [3.05, 3.63) is 6.54 Å². The Morgan fingerprint density at radius 1 is 1.56 bits per heavy atom. The molecule has 0 fully saturated rings. The van der Waals surface area contributed by atoms with Crippen molar-refractivity contribution >= 4 is 5.91 Å². The first-order valence-corrected chi connectivity index (χ1v) is 3.09. The van der Waals surface area contributed by atoms with E-state index < -0.39 is 0 Å². The van der Waals surface area contributed by atoms with Gasteiger partial charge in [0.15, 0.2) is 0 Å². The van der Waals surface area contributed by atoms with Crippen LogP contribution in [-0.4, -0.2) is 23.9 Å². The quantitative estimate of drug-likeness (QED) is 0.579. The second-order valence-electron chi connectivity index (χ2n) is 1.75. The Hall–Kier alpha value is -0.570. The Balaban J connectivity index is 3.43. The summed E-state index contributed by atoms with van der Waals surface area (Å²) < 4.78 is 0. The maximum Gasteiger partial charge on any atom is 0.236 e. The Morgan fingerprint density at radius 3 is 2.11 bits per heavy atom. The first-order valence-electron chi connectivity index (χ1n) is 3.09. The van der Waals surface area contributed by atoms with E-state index in [-0.39, 0.29) is 5.91 Å². The first-order chi connectivity index (χ1) is 4.20. The van der Waals surface area contributed by atoms with Crippen molar-refractivity contribution in [3.8, 4) is 0 Å². The van der Waals surface area contributed by atoms with Crippen molar-refractivity contribution in [1.82, 2.24) is 4.90 Å². The molecule has 0 unspecified atom stereocenters. The summed E-state index contributed by atoms with van der Waals surface area (Å²) in [6.07, 6.45) is 0. The zero-order valence-corrected chi connectivity index (χ0v) is 5.92. The summed E-state index contributed by atoms with van der Waals surface area (Å²) in [7, 11) is 0. The third-order valence-corrected chi connectivity index (χ3v) is 1.12. The molecule has 0 aliphatic carbocycles. The van der Waals surface area contributed by atoms with E-state index >= 15 is 0 Å². The maximum absolute atomic E-state index is 10.3. The lowest BCUT2D eigenvalue weighted by atomic mass is 10.5. The highest BCUT2D eigenvalue weighted by atomic mass is 16.1. The van der Waals surface area contributed by atoms with Gasteiger partial charge in [0, 0.05) is 0 Å². The highest BCUT2D eigenvalue weighted by Gasteiger charge is 2.01. The molecular formula is C6H13N2O. The van der Waals surface area contributed by atoms with E-state index in [0.717, 1.165) is 13.1 Å². The van der Waals surface area contributed by atoms with Crippen LogP contribution in [0.5, 0.6) is 0 Å². The van der Waals surface area contributed by atoms with Crippen LogP contribution in [0, 0.1) is 6.54 Å². The van der Waals surface area contributed by atoms with Crippen LogP contribution in [0.15, 0.2) is 0 Å². The number of carbonyl (C=O) groups excluding carboxylic acids is 1. The van der Waals surface area contributed by atoms with Crippen LogP contribution in [-0.2, 0) is 4.79 Å². The Morgan fingerprint density at radius 2 is 2.00 bits per heavy atom. The van der Waals surface area contributed by atoms with Crippen LogP contribution in [0.1, 0.15) is 13.8 Å². The normalized spacial score (nSPS) is 10.1. The summed E-state index contributed by atoms with van der Waals surface area (Å²) in [5.74, 6) is -0.376. The van der Waals surface area contributed by atoms with E-state index in [4.69, 9.17) is 5.73 Å². The first kappa shape index (κ1) is 8.43. The second-order valence-corrected chi connectivity index (χ2v) is 1.75. The standard InChI is InChI=1S/C6H13N2O/c1-3-8(4-2)5-6(7)9/h5H,3-4H2,1-2H3,(H2,7,9). The van der Waals surface area contributed by atoms with Crippen molar-refractivity contribution < 1.29 is 4.79 Å². The fraction of sp³-hybridized carbons (Fsp3) is 0.667. The molecule has 0 saturated heterocycles. The smallest absolute Gasteiger partial charge is 0.236 e. The molecule has 0 aromatic carbocycles. The summed E-state index contributed by atoms with van der Waals surface area (Å²) in [5.41, 5.74) is 4.91. The Bertz CT molecular complexity index is 89.1. The van der Waals surface area contributed by atoms with Gasteiger partial charge in [0.25, 0.3) is 0 Å². The van der Waals surface area contributed by atoms with Gasteiger partial charge in [-0.1, -0.05) is 13.8 Å². The number of hydrogen-bond donors (Lipinski definition) is 1. The third-order valence-electron chi connectivity index (χ3n) is 1.12. The SMILES string of the molecule is CCN([CH]C(N)=O)CC. The highest BCUT2D eigenvalue weighted by Crippen LogP contribution is 1.88. The van der Waals surface area contributed by atoms with E-state index in [9.17, 15) is 4.79 Å². The van der Waals surface area contributed by atoms with Crippen LogP contribution in [0.4, 0.5) is 0 Å². The predicted octanol–water partition coefficient (Wildman–Crippen LogP) is -0.0247. The van der Waals surface area contributed by atoms with E-state index in [2.05, 4.69) is 0 Å². The van der Waals surface area contributed by atoms with Gasteiger partial charge in [-0.3, -0.25) is 9.69 Å². The van der Waals surface area contributed by atoms with Crippen LogP contribution in [0.25, 0.3) is 0 Å². The number of nitrogens with zero attached hydrogens (tertiary/aromatic N) is 1. The molecule has 1 radical (unpaired) electrons. The lowest BCUT2D eigenvalue weighted by molar-refractivity contribution is -0.116. The van der Waals surface area contributed by atoms with E-state index in [1.54, 1.807) is 0 Å². The van der Waals surface area contributed by atoms with Gasteiger partial charge in [-0.05, 0) is 13.1 Å². The number of primary amides is 1. The molecule has 0 aromatic heterocycles. The van der Waals surface area contributed by atoms with Gasteiger partial charge in [0.05, 0.1) is 0 Å². The molecule has 0 bridgehead atoms. The fourth-order valence-corrected chi connectivity index (χ4v) is 0.586.